The Morgan fingerprint density at radius 3 is 2.38 bits per heavy atom. The van der Waals surface area contributed by atoms with Crippen LogP contribution >= 0.6 is 0 Å². The fourth-order valence-electron chi connectivity index (χ4n) is 4.44. The summed E-state index contributed by atoms with van der Waals surface area (Å²) in [5.74, 6) is 1.44. The molecule has 3 aromatic carbocycles. The molecule has 0 aliphatic carbocycles. The highest BCUT2D eigenvalue weighted by atomic mass is 15.3. The second-order valence-corrected chi connectivity index (χ2v) is 8.30. The number of nitrogens with one attached hydrogen (secondary N) is 1. The molecule has 1 aliphatic heterocycles. The summed E-state index contributed by atoms with van der Waals surface area (Å²) in [6, 6.07) is 21.0. The Hall–Kier alpha value is -3.80. The summed E-state index contributed by atoms with van der Waals surface area (Å²) in [4.78, 5) is 13.7. The van der Waals surface area contributed by atoms with Crippen molar-refractivity contribution < 1.29 is 0 Å². The quantitative estimate of drug-likeness (QED) is 0.486. The summed E-state index contributed by atoms with van der Waals surface area (Å²) in [5.41, 5.74) is 12.1. The van der Waals surface area contributed by atoms with Crippen LogP contribution in [0.3, 0.4) is 0 Å². The monoisotopic (exact) mass is 424 g/mol. The lowest BCUT2D eigenvalue weighted by atomic mass is 10.1. The molecule has 0 bridgehead atoms. The van der Waals surface area contributed by atoms with Gasteiger partial charge in [-0.15, -0.1) is 0 Å². The van der Waals surface area contributed by atoms with Gasteiger partial charge in [0.2, 0.25) is 0 Å². The van der Waals surface area contributed by atoms with E-state index in [4.69, 9.17) is 5.73 Å². The smallest absolute Gasteiger partial charge is 0.159 e. The van der Waals surface area contributed by atoms with Gasteiger partial charge in [0.1, 0.15) is 12.0 Å². The molecule has 6 nitrogen and oxygen atoms in total. The third kappa shape index (κ3) is 3.68. The molecule has 2 heterocycles. The first-order valence-corrected chi connectivity index (χ1v) is 11.0. The lowest BCUT2D eigenvalue weighted by molar-refractivity contribution is 0.646. The van der Waals surface area contributed by atoms with Crippen molar-refractivity contribution in [1.29, 1.82) is 0 Å². The molecule has 6 heteroatoms. The first-order valence-electron chi connectivity index (χ1n) is 11.0. The molecule has 1 saturated heterocycles. The van der Waals surface area contributed by atoms with Gasteiger partial charge < -0.3 is 20.9 Å². The van der Waals surface area contributed by atoms with Crippen molar-refractivity contribution in [1.82, 2.24) is 9.97 Å². The van der Waals surface area contributed by atoms with Crippen LogP contribution in [0.2, 0.25) is 0 Å². The van der Waals surface area contributed by atoms with Gasteiger partial charge in [0, 0.05) is 42.9 Å². The minimum atomic E-state index is 0.584. The molecule has 3 N–H and O–H groups in total. The first kappa shape index (κ1) is 20.1. The van der Waals surface area contributed by atoms with Crippen molar-refractivity contribution in [3.63, 3.8) is 0 Å². The van der Waals surface area contributed by atoms with E-state index >= 15 is 0 Å². The molecule has 0 unspecified atom stereocenters. The number of aromatic nitrogens is 2. The highest BCUT2D eigenvalue weighted by molar-refractivity contribution is 5.96. The maximum Gasteiger partial charge on any atom is 0.159 e. The number of hydrogen-bond acceptors (Lipinski definition) is 6. The van der Waals surface area contributed by atoms with Crippen LogP contribution < -0.4 is 20.9 Å². The van der Waals surface area contributed by atoms with Crippen LogP contribution in [-0.2, 0) is 0 Å². The third-order valence-corrected chi connectivity index (χ3v) is 6.40. The number of aryl methyl sites for hydroxylation is 1. The number of fused-ring (bicyclic) bond motifs is 1. The highest BCUT2D eigenvalue weighted by Gasteiger charge is 2.22. The molecule has 1 aromatic heterocycles. The van der Waals surface area contributed by atoms with E-state index in [-0.39, 0.29) is 0 Å². The molecule has 0 radical (unpaired) electrons. The Kier molecular flexibility index (Phi) is 5.27. The van der Waals surface area contributed by atoms with E-state index in [2.05, 4.69) is 75.3 Å². The highest BCUT2D eigenvalue weighted by Crippen LogP contribution is 2.32. The number of benzene rings is 3. The van der Waals surface area contributed by atoms with E-state index in [0.717, 1.165) is 43.1 Å². The van der Waals surface area contributed by atoms with Crippen LogP contribution in [-0.4, -0.2) is 36.1 Å². The van der Waals surface area contributed by atoms with E-state index in [0.29, 0.717) is 11.5 Å². The Morgan fingerprint density at radius 2 is 1.53 bits per heavy atom. The molecule has 4 aromatic rings. The largest absolute Gasteiger partial charge is 0.393 e. The van der Waals surface area contributed by atoms with Gasteiger partial charge in [-0.2, -0.15) is 0 Å². The summed E-state index contributed by atoms with van der Waals surface area (Å²) < 4.78 is 0. The molecule has 32 heavy (non-hydrogen) atoms. The van der Waals surface area contributed by atoms with Crippen molar-refractivity contribution in [3.05, 3.63) is 78.1 Å². The number of hydrogen-bond donors (Lipinski definition) is 2. The predicted molar refractivity (Wildman–Crippen MR) is 134 cm³/mol. The molecule has 1 aliphatic rings. The maximum atomic E-state index is 6.55. The molecule has 5 rings (SSSR count). The van der Waals surface area contributed by atoms with Crippen LogP contribution in [0.1, 0.15) is 11.1 Å². The second kappa shape index (κ2) is 8.38. The van der Waals surface area contributed by atoms with Crippen molar-refractivity contribution >= 4 is 39.5 Å². The zero-order chi connectivity index (χ0) is 22.1. The van der Waals surface area contributed by atoms with E-state index in [1.807, 2.05) is 24.3 Å². The Morgan fingerprint density at radius 1 is 0.812 bits per heavy atom. The maximum absolute atomic E-state index is 6.55. The lowest BCUT2D eigenvalue weighted by Gasteiger charge is -2.38. The Balaban J connectivity index is 1.36. The zero-order valence-electron chi connectivity index (χ0n) is 18.5. The fourth-order valence-corrected chi connectivity index (χ4v) is 4.44. The van der Waals surface area contributed by atoms with Gasteiger partial charge in [-0.25, -0.2) is 9.97 Å². The van der Waals surface area contributed by atoms with Crippen LogP contribution in [0, 0.1) is 13.8 Å². The lowest BCUT2D eigenvalue weighted by Crippen LogP contribution is -2.47. The molecule has 0 saturated carbocycles. The van der Waals surface area contributed by atoms with Crippen LogP contribution in [0.15, 0.2) is 67.0 Å². The number of piperazine rings is 1. The summed E-state index contributed by atoms with van der Waals surface area (Å²) in [7, 11) is 0. The van der Waals surface area contributed by atoms with E-state index in [9.17, 15) is 0 Å². The molecular weight excluding hydrogens is 396 g/mol. The Labute approximate surface area is 188 Å². The van der Waals surface area contributed by atoms with Gasteiger partial charge in [0.05, 0.1) is 0 Å². The van der Waals surface area contributed by atoms with Crippen molar-refractivity contribution in [3.8, 4) is 0 Å². The summed E-state index contributed by atoms with van der Waals surface area (Å²) in [5, 5.41) is 5.74. The molecule has 0 amide bonds. The number of rotatable bonds is 4. The number of nitrogen functional groups attached to an aromatic ring is 1. The number of anilines is 5. The molecule has 0 atom stereocenters. The number of nitrogens with two attached hydrogens (primary N) is 1. The van der Waals surface area contributed by atoms with Gasteiger partial charge in [0.25, 0.3) is 0 Å². The number of nitrogens with zero attached hydrogens (tertiary/aromatic N) is 4. The van der Waals surface area contributed by atoms with Crippen LogP contribution in [0.4, 0.5) is 28.7 Å². The van der Waals surface area contributed by atoms with Crippen LogP contribution in [0.25, 0.3) is 10.8 Å². The third-order valence-electron chi connectivity index (χ3n) is 6.40. The zero-order valence-corrected chi connectivity index (χ0v) is 18.5. The molecule has 0 spiro atoms. The van der Waals surface area contributed by atoms with Gasteiger partial charge in [-0.3, -0.25) is 0 Å². The van der Waals surface area contributed by atoms with E-state index in [1.165, 1.54) is 22.2 Å². The van der Waals surface area contributed by atoms with Gasteiger partial charge in [0.15, 0.2) is 11.6 Å². The topological polar surface area (TPSA) is 70.3 Å². The van der Waals surface area contributed by atoms with Crippen molar-refractivity contribution in [2.75, 3.05) is 47.0 Å². The van der Waals surface area contributed by atoms with Gasteiger partial charge >= 0.3 is 0 Å². The summed E-state index contributed by atoms with van der Waals surface area (Å²) in [6.07, 6.45) is 1.59. The van der Waals surface area contributed by atoms with E-state index in [1.54, 1.807) is 6.33 Å². The fraction of sp³-hybridized carbons (Fsp3) is 0.231. The second-order valence-electron chi connectivity index (χ2n) is 8.30. The standard InChI is InChI=1S/C26H28N6/c1-18-7-5-12-23(19(18)2)31-13-15-32(16-14-31)26-24(27)25(28-17-29-26)30-22-11-6-9-20-8-3-4-10-21(20)22/h3-12,17H,13-16,27H2,1-2H3,(H,28,29,30). The van der Waals surface area contributed by atoms with E-state index < -0.39 is 0 Å². The first-order chi connectivity index (χ1) is 15.6. The average Bonchev–Trinajstić information content (AvgIpc) is 2.83. The van der Waals surface area contributed by atoms with Gasteiger partial charge in [-0.05, 0) is 42.5 Å². The van der Waals surface area contributed by atoms with Crippen molar-refractivity contribution in [2.24, 2.45) is 0 Å². The molecule has 162 valence electrons. The minimum absolute atomic E-state index is 0.584. The summed E-state index contributed by atoms with van der Waals surface area (Å²) >= 11 is 0. The molecular formula is C26H28N6. The van der Waals surface area contributed by atoms with Crippen LogP contribution in [0.5, 0.6) is 0 Å². The van der Waals surface area contributed by atoms with Gasteiger partial charge in [-0.1, -0.05) is 48.5 Å². The molecule has 1 fully saturated rings. The Bertz CT molecular complexity index is 1260. The minimum Gasteiger partial charge on any atom is -0.393 e. The van der Waals surface area contributed by atoms with Crippen molar-refractivity contribution in [2.45, 2.75) is 13.8 Å². The normalized spacial score (nSPS) is 14.1. The SMILES string of the molecule is Cc1cccc(N2CCN(c3ncnc(Nc4cccc5ccccc45)c3N)CC2)c1C. The summed E-state index contributed by atoms with van der Waals surface area (Å²) in [6.45, 7) is 7.95. The predicted octanol–water partition coefficient (Wildman–Crippen LogP) is 4.90. The average molecular weight is 425 g/mol.